The van der Waals surface area contributed by atoms with Crippen LogP contribution in [0.3, 0.4) is 0 Å². The van der Waals surface area contributed by atoms with E-state index in [-0.39, 0.29) is 13.2 Å². The minimum atomic E-state index is -1.25. The smallest absolute Gasteiger partial charge is 0.413 e. The average Bonchev–Trinajstić information content (AvgIpc) is 2.52. The Morgan fingerprint density at radius 1 is 1.45 bits per heavy atom. The van der Waals surface area contributed by atoms with Gasteiger partial charge in [0.2, 0.25) is 0 Å². The SMILES string of the molecule is CCOC(=O)NC(=O)[C@@H](C#N)C=N[C@@H](CO)c1ccccc1. The average molecular weight is 303 g/mol. The molecule has 7 nitrogen and oxygen atoms in total. The first-order chi connectivity index (χ1) is 10.6. The third-order valence-electron chi connectivity index (χ3n) is 2.69. The first-order valence-corrected chi connectivity index (χ1v) is 6.68. The summed E-state index contributed by atoms with van der Waals surface area (Å²) in [7, 11) is 0. The molecule has 0 spiro atoms. The predicted octanol–water partition coefficient (Wildman–Crippen LogP) is 1.20. The van der Waals surface area contributed by atoms with Gasteiger partial charge >= 0.3 is 6.09 Å². The Bertz CT molecular complexity index is 566. The number of nitriles is 1. The van der Waals surface area contributed by atoms with Crippen LogP contribution < -0.4 is 5.32 Å². The van der Waals surface area contributed by atoms with Gasteiger partial charge in [0.1, 0.15) is 0 Å². The Hall–Kier alpha value is -2.72. The Balaban J connectivity index is 2.73. The fourth-order valence-corrected chi connectivity index (χ4v) is 1.61. The number of imide groups is 1. The second-order valence-corrected chi connectivity index (χ2v) is 4.22. The highest BCUT2D eigenvalue weighted by atomic mass is 16.5. The molecule has 0 heterocycles. The number of alkyl carbamates (subject to hydrolysis) is 1. The van der Waals surface area contributed by atoms with Crippen molar-refractivity contribution >= 4 is 18.2 Å². The third-order valence-corrected chi connectivity index (χ3v) is 2.69. The van der Waals surface area contributed by atoms with E-state index in [1.54, 1.807) is 37.3 Å². The summed E-state index contributed by atoms with van der Waals surface area (Å²) in [5, 5.41) is 20.3. The number of nitrogens with zero attached hydrogens (tertiary/aromatic N) is 2. The van der Waals surface area contributed by atoms with Crippen molar-refractivity contribution in [1.29, 1.82) is 5.26 Å². The van der Waals surface area contributed by atoms with Crippen LogP contribution in [0.5, 0.6) is 0 Å². The van der Waals surface area contributed by atoms with Crippen LogP contribution >= 0.6 is 0 Å². The zero-order chi connectivity index (χ0) is 16.4. The molecule has 7 heteroatoms. The maximum Gasteiger partial charge on any atom is 0.413 e. The molecular formula is C15H17N3O4. The van der Waals surface area contributed by atoms with E-state index in [0.717, 1.165) is 11.8 Å². The lowest BCUT2D eigenvalue weighted by Gasteiger charge is -2.10. The van der Waals surface area contributed by atoms with Crippen molar-refractivity contribution in [3.63, 3.8) is 0 Å². The summed E-state index contributed by atoms with van der Waals surface area (Å²) in [6.45, 7) is 1.45. The number of amides is 2. The zero-order valence-corrected chi connectivity index (χ0v) is 12.1. The Morgan fingerprint density at radius 3 is 2.68 bits per heavy atom. The molecule has 0 aliphatic heterocycles. The fourth-order valence-electron chi connectivity index (χ4n) is 1.61. The van der Waals surface area contributed by atoms with E-state index >= 15 is 0 Å². The molecule has 116 valence electrons. The lowest BCUT2D eigenvalue weighted by molar-refractivity contribution is -0.121. The molecule has 2 atom stereocenters. The summed E-state index contributed by atoms with van der Waals surface area (Å²) >= 11 is 0. The maximum absolute atomic E-state index is 11.7. The molecule has 0 aromatic heterocycles. The summed E-state index contributed by atoms with van der Waals surface area (Å²) in [4.78, 5) is 26.9. The first kappa shape index (κ1) is 17.3. The summed E-state index contributed by atoms with van der Waals surface area (Å²) in [6.07, 6.45) is 0.200. The number of hydrogen-bond acceptors (Lipinski definition) is 6. The van der Waals surface area contributed by atoms with Crippen LogP contribution in [0.2, 0.25) is 0 Å². The van der Waals surface area contributed by atoms with E-state index in [9.17, 15) is 14.7 Å². The van der Waals surface area contributed by atoms with Gasteiger partial charge in [-0.25, -0.2) is 4.79 Å². The van der Waals surface area contributed by atoms with Crippen LogP contribution in [0.15, 0.2) is 35.3 Å². The van der Waals surface area contributed by atoms with E-state index in [1.165, 1.54) is 0 Å². The van der Waals surface area contributed by atoms with E-state index in [1.807, 2.05) is 11.4 Å². The molecule has 2 amide bonds. The van der Waals surface area contributed by atoms with Gasteiger partial charge in [0.05, 0.1) is 25.3 Å². The Labute approximate surface area is 128 Å². The number of aliphatic hydroxyl groups is 1. The third kappa shape index (κ3) is 5.34. The molecule has 0 unspecified atom stereocenters. The number of carbonyl (C=O) groups is 2. The molecule has 0 bridgehead atoms. The number of carbonyl (C=O) groups excluding carboxylic acids is 2. The van der Waals surface area contributed by atoms with E-state index in [4.69, 9.17) is 5.26 Å². The van der Waals surface area contributed by atoms with Crippen LogP contribution in [0.25, 0.3) is 0 Å². The number of ether oxygens (including phenoxy) is 1. The highest BCUT2D eigenvalue weighted by Crippen LogP contribution is 2.16. The standard InChI is InChI=1S/C15H17N3O4/c1-2-22-15(21)18-14(20)12(8-16)9-17-13(10-19)11-6-4-3-5-7-11/h3-7,9,12-13,19H,2,10H2,1H3,(H,18,20,21)/t12-,13-/m0/s1. The number of rotatable bonds is 6. The summed E-state index contributed by atoms with van der Waals surface area (Å²) in [5.74, 6) is -2.07. The predicted molar refractivity (Wildman–Crippen MR) is 79.0 cm³/mol. The van der Waals surface area contributed by atoms with Crippen LogP contribution in [-0.2, 0) is 9.53 Å². The van der Waals surface area contributed by atoms with Crippen LogP contribution in [0.4, 0.5) is 4.79 Å². The lowest BCUT2D eigenvalue weighted by Crippen LogP contribution is -2.36. The van der Waals surface area contributed by atoms with Gasteiger partial charge in [0, 0.05) is 6.21 Å². The van der Waals surface area contributed by atoms with E-state index in [2.05, 4.69) is 9.73 Å². The summed E-state index contributed by atoms with van der Waals surface area (Å²) < 4.78 is 4.56. The zero-order valence-electron chi connectivity index (χ0n) is 12.1. The molecule has 0 aliphatic carbocycles. The molecule has 0 fully saturated rings. The molecule has 1 aromatic carbocycles. The minimum Gasteiger partial charge on any atom is -0.450 e. The van der Waals surface area contributed by atoms with Crippen molar-refractivity contribution in [2.75, 3.05) is 13.2 Å². The molecule has 2 N–H and O–H groups in total. The second kappa shape index (κ2) is 9.26. The molecule has 0 saturated carbocycles. The largest absolute Gasteiger partial charge is 0.450 e. The van der Waals surface area contributed by atoms with Crippen LogP contribution in [0, 0.1) is 17.2 Å². The number of aliphatic hydroxyl groups excluding tert-OH is 1. The van der Waals surface area contributed by atoms with Gasteiger partial charge in [0.25, 0.3) is 5.91 Å². The number of nitrogens with one attached hydrogen (secondary N) is 1. The van der Waals surface area contributed by atoms with Gasteiger partial charge in [-0.15, -0.1) is 0 Å². The van der Waals surface area contributed by atoms with Crippen molar-refractivity contribution < 1.29 is 19.4 Å². The number of hydrogen-bond donors (Lipinski definition) is 2. The van der Waals surface area contributed by atoms with E-state index < -0.39 is 24.0 Å². The van der Waals surface area contributed by atoms with Crippen molar-refractivity contribution in [2.45, 2.75) is 13.0 Å². The van der Waals surface area contributed by atoms with Gasteiger partial charge in [0.15, 0.2) is 5.92 Å². The number of aliphatic imine (C=N–C) groups is 1. The highest BCUT2D eigenvalue weighted by molar-refractivity contribution is 6.02. The van der Waals surface area contributed by atoms with Crippen molar-refractivity contribution in [1.82, 2.24) is 5.32 Å². The fraction of sp³-hybridized carbons (Fsp3) is 0.333. The van der Waals surface area contributed by atoms with Crippen LogP contribution in [0.1, 0.15) is 18.5 Å². The quantitative estimate of drug-likeness (QED) is 0.767. The van der Waals surface area contributed by atoms with Gasteiger partial charge in [-0.05, 0) is 12.5 Å². The molecule has 0 aliphatic rings. The first-order valence-electron chi connectivity index (χ1n) is 6.68. The molecular weight excluding hydrogens is 286 g/mol. The maximum atomic E-state index is 11.7. The summed E-state index contributed by atoms with van der Waals surface area (Å²) in [6, 6.07) is 10.1. The molecule has 0 radical (unpaired) electrons. The topological polar surface area (TPSA) is 112 Å². The lowest BCUT2D eigenvalue weighted by atomic mass is 10.1. The molecule has 1 rings (SSSR count). The summed E-state index contributed by atoms with van der Waals surface area (Å²) in [5.41, 5.74) is 0.753. The van der Waals surface area contributed by atoms with E-state index in [0.29, 0.717) is 0 Å². The highest BCUT2D eigenvalue weighted by Gasteiger charge is 2.19. The van der Waals surface area contributed by atoms with Crippen molar-refractivity contribution in [3.8, 4) is 6.07 Å². The monoisotopic (exact) mass is 303 g/mol. The normalized spacial score (nSPS) is 13.1. The van der Waals surface area contributed by atoms with Crippen LogP contribution in [-0.4, -0.2) is 36.5 Å². The molecule has 1 aromatic rings. The minimum absolute atomic E-state index is 0.116. The van der Waals surface area contributed by atoms with Crippen molar-refractivity contribution in [3.05, 3.63) is 35.9 Å². The van der Waals surface area contributed by atoms with Crippen molar-refractivity contribution in [2.24, 2.45) is 10.9 Å². The van der Waals surface area contributed by atoms with Gasteiger partial charge < -0.3 is 9.84 Å². The Kier molecular flexibility index (Phi) is 7.29. The molecule has 0 saturated heterocycles. The second-order valence-electron chi connectivity index (χ2n) is 4.22. The van der Waals surface area contributed by atoms with Gasteiger partial charge in [-0.1, -0.05) is 30.3 Å². The van der Waals surface area contributed by atoms with Gasteiger partial charge in [-0.2, -0.15) is 5.26 Å². The van der Waals surface area contributed by atoms with Gasteiger partial charge in [-0.3, -0.25) is 15.1 Å². The Morgan fingerprint density at radius 2 is 2.14 bits per heavy atom. The molecule has 22 heavy (non-hydrogen) atoms. The number of benzene rings is 1.